The number of esters is 1. The fraction of sp³-hybridized carbons (Fsp3) is 0.618. The molecule has 1 saturated heterocycles. The third-order valence-corrected chi connectivity index (χ3v) is 12.6. The standard InChI is InChI=1S/C55H81N11O9/c1-53(2,3)73-50(69)59-45(48(68)72-38-39-20-12-10-13-21-39)26-27-46(67)63-34-28-40(29-35-63)57-47-43-24-16-17-25-44(43)58-49(60-47)56-36-41-37-65(62-61-41)32-18-30-64(51(70)74-54(4,5)6)31-19-33-66(42-22-14-11-15-23-42)52(71)75-55(7,8)9/h10,12-13,16-17,20-21,24-25,37,40,42,45H,11,14-15,18-19,22-23,26-36,38H2,1-9H3,(H,59,69)(H2,56,57,58,60)/t45-/m1/s1. The van der Waals surface area contributed by atoms with E-state index in [2.05, 4.69) is 26.3 Å². The normalized spacial score (nSPS) is 15.1. The maximum Gasteiger partial charge on any atom is 0.410 e. The number of amides is 4. The number of hydrogen-bond acceptors (Lipinski definition) is 15. The largest absolute Gasteiger partial charge is 0.459 e. The van der Waals surface area contributed by atoms with E-state index in [1.54, 1.807) is 35.3 Å². The van der Waals surface area contributed by atoms with Gasteiger partial charge in [0.15, 0.2) is 0 Å². The number of alkyl carbamates (subject to hydrolysis) is 1. The Bertz CT molecular complexity index is 2490. The highest BCUT2D eigenvalue weighted by molar-refractivity contribution is 5.90. The van der Waals surface area contributed by atoms with Gasteiger partial charge in [0.05, 0.1) is 18.3 Å². The van der Waals surface area contributed by atoms with Gasteiger partial charge >= 0.3 is 24.2 Å². The Labute approximate surface area is 442 Å². The van der Waals surface area contributed by atoms with Crippen LogP contribution in [-0.4, -0.2) is 137 Å². The van der Waals surface area contributed by atoms with Crippen LogP contribution in [0.15, 0.2) is 60.8 Å². The van der Waals surface area contributed by atoms with E-state index in [4.69, 9.17) is 28.9 Å². The Balaban J connectivity index is 0.993. The van der Waals surface area contributed by atoms with Crippen molar-refractivity contribution in [2.45, 2.75) is 188 Å². The van der Waals surface area contributed by atoms with Gasteiger partial charge in [0.1, 0.15) is 41.0 Å². The lowest BCUT2D eigenvalue weighted by Gasteiger charge is -2.36. The number of hydrogen-bond donors (Lipinski definition) is 3. The number of anilines is 2. The summed E-state index contributed by atoms with van der Waals surface area (Å²) in [5, 5.41) is 19.2. The van der Waals surface area contributed by atoms with Crippen molar-refractivity contribution in [1.29, 1.82) is 0 Å². The van der Waals surface area contributed by atoms with Gasteiger partial charge in [-0.25, -0.2) is 24.2 Å². The van der Waals surface area contributed by atoms with Crippen LogP contribution in [0.1, 0.15) is 144 Å². The lowest BCUT2D eigenvalue weighted by molar-refractivity contribution is -0.148. The molecule has 0 radical (unpaired) electrons. The minimum absolute atomic E-state index is 0.0226. The number of benzene rings is 2. The summed E-state index contributed by atoms with van der Waals surface area (Å²) in [6.07, 6.45) is 8.24. The molecule has 2 aromatic carbocycles. The van der Waals surface area contributed by atoms with Crippen molar-refractivity contribution in [3.8, 4) is 0 Å². The average Bonchev–Trinajstić information content (AvgIpc) is 3.81. The number of nitrogens with zero attached hydrogens (tertiary/aromatic N) is 8. The summed E-state index contributed by atoms with van der Waals surface area (Å²) in [4.78, 5) is 81.2. The first-order chi connectivity index (χ1) is 35.6. The van der Waals surface area contributed by atoms with Crippen LogP contribution in [0.3, 0.4) is 0 Å². The number of aromatic nitrogens is 5. The maximum atomic E-state index is 13.5. The summed E-state index contributed by atoms with van der Waals surface area (Å²) in [5.74, 6) is 0.320. The second kappa shape index (κ2) is 26.7. The zero-order valence-electron chi connectivity index (χ0n) is 45.7. The van der Waals surface area contributed by atoms with E-state index in [-0.39, 0.29) is 43.5 Å². The fourth-order valence-corrected chi connectivity index (χ4v) is 9.00. The maximum absolute atomic E-state index is 13.5. The van der Waals surface area contributed by atoms with E-state index in [0.717, 1.165) is 42.1 Å². The van der Waals surface area contributed by atoms with Crippen molar-refractivity contribution in [3.63, 3.8) is 0 Å². The van der Waals surface area contributed by atoms with Crippen LogP contribution >= 0.6 is 0 Å². The van der Waals surface area contributed by atoms with Crippen LogP contribution in [0.2, 0.25) is 0 Å². The smallest absolute Gasteiger partial charge is 0.410 e. The Hall–Kier alpha value is -6.73. The number of likely N-dealkylation sites (tertiary alicyclic amines) is 1. The number of fused-ring (bicyclic) bond motifs is 1. The van der Waals surface area contributed by atoms with Gasteiger partial charge in [-0.3, -0.25) is 9.48 Å². The summed E-state index contributed by atoms with van der Waals surface area (Å²) in [5.41, 5.74) is 0.199. The molecule has 20 nitrogen and oxygen atoms in total. The molecule has 1 aliphatic carbocycles. The molecule has 1 atom stereocenters. The molecular weight excluding hydrogens is 959 g/mol. The van der Waals surface area contributed by atoms with Gasteiger partial charge in [-0.2, -0.15) is 4.98 Å². The molecule has 4 amide bonds. The second-order valence-corrected chi connectivity index (χ2v) is 22.5. The van der Waals surface area contributed by atoms with Gasteiger partial charge in [0, 0.05) is 63.2 Å². The summed E-state index contributed by atoms with van der Waals surface area (Å²) in [7, 11) is 0. The van der Waals surface area contributed by atoms with Gasteiger partial charge < -0.3 is 49.6 Å². The fourth-order valence-electron chi connectivity index (χ4n) is 9.00. The topological polar surface area (TPSA) is 225 Å². The number of carbonyl (C=O) groups excluding carboxylic acids is 5. The van der Waals surface area contributed by atoms with Crippen molar-refractivity contribution < 1.29 is 42.9 Å². The molecule has 3 heterocycles. The SMILES string of the molecule is CC(C)(C)OC(=O)N[C@H](CCC(=O)N1CCC(Nc2nc(NCc3cn(CCCN(CCCN(C(=O)OC(C)(C)C)C4CCCCC4)C(=O)OC(C)(C)C)nn3)nc3ccccc23)CC1)C(=O)OCc1ccccc1. The first-order valence-corrected chi connectivity index (χ1v) is 26.7. The third-order valence-electron chi connectivity index (χ3n) is 12.6. The highest BCUT2D eigenvalue weighted by Gasteiger charge is 2.32. The van der Waals surface area contributed by atoms with Crippen molar-refractivity contribution >= 4 is 52.8 Å². The third kappa shape index (κ3) is 19.5. The van der Waals surface area contributed by atoms with Gasteiger partial charge in [0.2, 0.25) is 11.9 Å². The molecular formula is C55H81N11O9. The lowest BCUT2D eigenvalue weighted by atomic mass is 9.94. The van der Waals surface area contributed by atoms with E-state index in [0.29, 0.717) is 89.0 Å². The molecule has 0 spiro atoms. The molecule has 3 N–H and O–H groups in total. The minimum atomic E-state index is -1.07. The van der Waals surface area contributed by atoms with Crippen molar-refractivity contribution in [1.82, 2.24) is 45.0 Å². The van der Waals surface area contributed by atoms with Gasteiger partial charge in [-0.15, -0.1) is 5.10 Å². The predicted octanol–water partition coefficient (Wildman–Crippen LogP) is 9.24. The van der Waals surface area contributed by atoms with Crippen LogP contribution in [0.25, 0.3) is 10.9 Å². The Morgan fingerprint density at radius 2 is 1.40 bits per heavy atom. The number of aryl methyl sites for hydroxylation is 1. The average molecular weight is 1040 g/mol. The Kier molecular flexibility index (Phi) is 20.5. The van der Waals surface area contributed by atoms with Gasteiger partial charge in [-0.05, 0) is 125 Å². The number of ether oxygens (including phenoxy) is 4. The molecule has 1 aliphatic heterocycles. The van der Waals surface area contributed by atoms with Crippen molar-refractivity contribution in [2.75, 3.05) is 43.4 Å². The lowest BCUT2D eigenvalue weighted by Crippen LogP contribution is -2.46. The second-order valence-electron chi connectivity index (χ2n) is 22.5. The van der Waals surface area contributed by atoms with Gasteiger partial charge in [-0.1, -0.05) is 66.9 Å². The Morgan fingerprint density at radius 3 is 2.09 bits per heavy atom. The van der Waals surface area contributed by atoms with Crippen molar-refractivity contribution in [3.05, 3.63) is 72.1 Å². The monoisotopic (exact) mass is 1040 g/mol. The van der Waals surface area contributed by atoms with E-state index < -0.39 is 41.0 Å². The number of rotatable bonds is 21. The molecule has 6 rings (SSSR count). The molecule has 75 heavy (non-hydrogen) atoms. The van der Waals surface area contributed by atoms with E-state index in [1.807, 2.05) is 107 Å². The van der Waals surface area contributed by atoms with Crippen molar-refractivity contribution in [2.24, 2.45) is 0 Å². The number of para-hydroxylation sites is 1. The molecule has 2 aromatic heterocycles. The zero-order chi connectivity index (χ0) is 54.2. The number of piperidine rings is 1. The van der Waals surface area contributed by atoms with E-state index >= 15 is 0 Å². The number of carbonyl (C=O) groups is 5. The molecule has 4 aromatic rings. The summed E-state index contributed by atoms with van der Waals surface area (Å²) < 4.78 is 24.3. The highest BCUT2D eigenvalue weighted by atomic mass is 16.6. The molecule has 1 saturated carbocycles. The summed E-state index contributed by atoms with van der Waals surface area (Å²) >= 11 is 0. The molecule has 0 unspecified atom stereocenters. The van der Waals surface area contributed by atoms with Crippen LogP contribution in [0, 0.1) is 0 Å². The molecule has 0 bridgehead atoms. The van der Waals surface area contributed by atoms with Crippen LogP contribution in [-0.2, 0) is 48.2 Å². The number of nitrogens with one attached hydrogen (secondary N) is 3. The summed E-state index contributed by atoms with van der Waals surface area (Å²) in [6.45, 7) is 19.6. The van der Waals surface area contributed by atoms with Crippen LogP contribution < -0.4 is 16.0 Å². The first-order valence-electron chi connectivity index (χ1n) is 26.7. The molecule has 2 fully saturated rings. The zero-order valence-corrected chi connectivity index (χ0v) is 45.7. The Morgan fingerprint density at radius 1 is 0.747 bits per heavy atom. The minimum Gasteiger partial charge on any atom is -0.459 e. The van der Waals surface area contributed by atoms with Crippen LogP contribution in [0.5, 0.6) is 0 Å². The van der Waals surface area contributed by atoms with Crippen LogP contribution in [0.4, 0.5) is 26.1 Å². The molecule has 410 valence electrons. The highest BCUT2D eigenvalue weighted by Crippen LogP contribution is 2.27. The predicted molar refractivity (Wildman–Crippen MR) is 286 cm³/mol. The molecule has 2 aliphatic rings. The quantitative estimate of drug-likeness (QED) is 0.0522. The first kappa shape index (κ1) is 57.5. The van der Waals surface area contributed by atoms with E-state index in [9.17, 15) is 24.0 Å². The summed E-state index contributed by atoms with van der Waals surface area (Å²) in [6, 6.07) is 16.1. The van der Waals surface area contributed by atoms with E-state index in [1.165, 1.54) is 6.42 Å². The van der Waals surface area contributed by atoms with Gasteiger partial charge in [0.25, 0.3) is 0 Å². The molecule has 20 heteroatoms.